The number of rotatable bonds is 4. The van der Waals surface area contributed by atoms with Crippen LogP contribution in [0.25, 0.3) is 0 Å². The Hall–Kier alpha value is -2.02. The third-order valence-corrected chi connectivity index (χ3v) is 4.22. The predicted molar refractivity (Wildman–Crippen MR) is 80.7 cm³/mol. The van der Waals surface area contributed by atoms with Gasteiger partial charge in [-0.25, -0.2) is 0 Å². The number of anilines is 2. The van der Waals surface area contributed by atoms with Gasteiger partial charge in [0.1, 0.15) is 0 Å². The first kappa shape index (κ1) is 17.3. The molecule has 0 bridgehead atoms. The lowest BCUT2D eigenvalue weighted by molar-refractivity contribution is -0.137. The molecule has 0 fully saturated rings. The van der Waals surface area contributed by atoms with Crippen LogP contribution in [0.3, 0.4) is 0 Å². The van der Waals surface area contributed by atoms with E-state index in [0.717, 1.165) is 12.1 Å². The second kappa shape index (κ2) is 6.23. The van der Waals surface area contributed by atoms with Crippen molar-refractivity contribution in [2.45, 2.75) is 12.0 Å². The van der Waals surface area contributed by atoms with E-state index in [1.54, 1.807) is 18.2 Å². The predicted octanol–water partition coefficient (Wildman–Crippen LogP) is 3.58. The molecule has 0 saturated carbocycles. The van der Waals surface area contributed by atoms with Gasteiger partial charge in [0.25, 0.3) is 0 Å². The van der Waals surface area contributed by atoms with E-state index in [0.29, 0.717) is 11.6 Å². The Morgan fingerprint density at radius 1 is 1.09 bits per heavy atom. The fourth-order valence-electron chi connectivity index (χ4n) is 2.01. The molecule has 2 aromatic rings. The second-order valence-corrected chi connectivity index (χ2v) is 6.54. The zero-order chi connectivity index (χ0) is 17.3. The van der Waals surface area contributed by atoms with Crippen LogP contribution in [0, 0.1) is 0 Å². The molecule has 9 heteroatoms. The van der Waals surface area contributed by atoms with Crippen molar-refractivity contribution in [1.82, 2.24) is 0 Å². The Labute approximate surface area is 130 Å². The van der Waals surface area contributed by atoms with Gasteiger partial charge in [-0.2, -0.15) is 13.2 Å². The van der Waals surface area contributed by atoms with Gasteiger partial charge in [0.2, 0.25) is 0 Å². The third kappa shape index (κ3) is 4.25. The number of nitrogen functional groups attached to an aromatic ring is 1. The molecule has 0 heterocycles. The summed E-state index contributed by atoms with van der Waals surface area (Å²) in [6.45, 7) is 0. The first-order valence-electron chi connectivity index (χ1n) is 6.42. The van der Waals surface area contributed by atoms with Gasteiger partial charge in [-0.1, -0.05) is 30.3 Å². The van der Waals surface area contributed by atoms with Crippen LogP contribution >= 0.6 is 7.60 Å². The Morgan fingerprint density at radius 2 is 1.70 bits per heavy atom. The van der Waals surface area contributed by atoms with Crippen LogP contribution in [0.5, 0.6) is 0 Å². The summed E-state index contributed by atoms with van der Waals surface area (Å²) in [6, 6.07) is 10.4. The fraction of sp³-hybridized carbons (Fsp3) is 0.143. The van der Waals surface area contributed by atoms with Gasteiger partial charge in [-0.15, -0.1) is 0 Å². The summed E-state index contributed by atoms with van der Waals surface area (Å²) in [6.07, 6.45) is -4.55. The maximum absolute atomic E-state index is 12.6. The van der Waals surface area contributed by atoms with Crippen molar-refractivity contribution in [3.8, 4) is 0 Å². The minimum atomic E-state index is -4.62. The Bertz CT molecular complexity index is 732. The minimum absolute atomic E-state index is 0.00942. The van der Waals surface area contributed by atoms with Crippen LogP contribution in [0.4, 0.5) is 24.5 Å². The molecule has 23 heavy (non-hydrogen) atoms. The fourth-order valence-corrected chi connectivity index (χ4v) is 2.88. The number of nitrogens with one attached hydrogen (secondary N) is 1. The summed E-state index contributed by atoms with van der Waals surface area (Å²) in [5, 5.41) is 2.53. The highest BCUT2D eigenvalue weighted by molar-refractivity contribution is 7.52. The van der Waals surface area contributed by atoms with E-state index in [4.69, 9.17) is 5.73 Å². The van der Waals surface area contributed by atoms with Crippen LogP contribution < -0.4 is 11.1 Å². The van der Waals surface area contributed by atoms with E-state index in [1.807, 2.05) is 0 Å². The maximum Gasteiger partial charge on any atom is 0.416 e. The van der Waals surface area contributed by atoms with Crippen molar-refractivity contribution in [1.29, 1.82) is 0 Å². The van der Waals surface area contributed by atoms with Gasteiger partial charge in [0.05, 0.1) is 16.9 Å². The molecular formula is C14H14F3N2O3P. The van der Waals surface area contributed by atoms with Crippen LogP contribution in [-0.4, -0.2) is 9.79 Å². The molecule has 0 aromatic heterocycles. The highest BCUT2D eigenvalue weighted by atomic mass is 31.2. The topological polar surface area (TPSA) is 95.6 Å². The summed E-state index contributed by atoms with van der Waals surface area (Å²) >= 11 is 0. The van der Waals surface area contributed by atoms with E-state index in [9.17, 15) is 27.5 Å². The van der Waals surface area contributed by atoms with Crippen LogP contribution in [0.2, 0.25) is 0 Å². The molecular weight excluding hydrogens is 332 g/mol. The SMILES string of the molecule is Nc1cc(C(F)(F)F)ccc1NC(c1ccccc1)P(=O)(O)O. The van der Waals surface area contributed by atoms with E-state index < -0.39 is 25.1 Å². The number of nitrogens with two attached hydrogens (primary N) is 1. The van der Waals surface area contributed by atoms with Crippen LogP contribution in [0.15, 0.2) is 48.5 Å². The number of benzene rings is 2. The smallest absolute Gasteiger partial charge is 0.397 e. The lowest BCUT2D eigenvalue weighted by Gasteiger charge is -2.22. The van der Waals surface area contributed by atoms with Gasteiger partial charge in [0, 0.05) is 0 Å². The monoisotopic (exact) mass is 346 g/mol. The summed E-state index contributed by atoms with van der Waals surface area (Å²) in [4.78, 5) is 19.0. The Morgan fingerprint density at radius 3 is 2.17 bits per heavy atom. The first-order valence-corrected chi connectivity index (χ1v) is 8.10. The summed E-state index contributed by atoms with van der Waals surface area (Å²) in [7, 11) is -4.62. The van der Waals surface area contributed by atoms with Crippen molar-refractivity contribution >= 4 is 19.0 Å². The minimum Gasteiger partial charge on any atom is -0.397 e. The van der Waals surface area contributed by atoms with Gasteiger partial charge in [-0.05, 0) is 23.8 Å². The van der Waals surface area contributed by atoms with Crippen LogP contribution in [0.1, 0.15) is 16.9 Å². The number of hydrogen-bond donors (Lipinski definition) is 4. The van der Waals surface area contributed by atoms with Gasteiger partial charge < -0.3 is 20.8 Å². The average Bonchev–Trinajstić information content (AvgIpc) is 2.44. The van der Waals surface area contributed by atoms with Crippen LogP contribution in [-0.2, 0) is 10.7 Å². The third-order valence-electron chi connectivity index (χ3n) is 3.12. The molecule has 0 amide bonds. The summed E-state index contributed by atoms with van der Waals surface area (Å²) in [5.74, 6) is -1.41. The Kier molecular flexibility index (Phi) is 4.70. The summed E-state index contributed by atoms with van der Waals surface area (Å²) < 4.78 is 49.5. The standard InChI is InChI=1S/C14H14F3N2O3P/c15-14(16,17)10-6-7-12(11(18)8-10)19-13(23(20,21)22)9-4-2-1-3-5-9/h1-8,13,19H,18H2,(H2,20,21,22). The van der Waals surface area contributed by atoms with Gasteiger partial charge in [-0.3, -0.25) is 4.57 Å². The van der Waals surface area contributed by atoms with Crippen molar-refractivity contribution in [3.63, 3.8) is 0 Å². The molecule has 0 aliphatic rings. The molecule has 5 N–H and O–H groups in total. The van der Waals surface area contributed by atoms with E-state index in [1.165, 1.54) is 12.1 Å². The van der Waals surface area contributed by atoms with E-state index >= 15 is 0 Å². The number of halogens is 3. The molecule has 1 atom stereocenters. The molecule has 1 unspecified atom stereocenters. The molecule has 2 aromatic carbocycles. The van der Waals surface area contributed by atoms with Crippen molar-refractivity contribution in [2.75, 3.05) is 11.1 Å². The molecule has 2 rings (SSSR count). The molecule has 0 aliphatic carbocycles. The van der Waals surface area contributed by atoms with Crippen molar-refractivity contribution in [2.24, 2.45) is 0 Å². The van der Waals surface area contributed by atoms with E-state index in [-0.39, 0.29) is 11.4 Å². The molecule has 0 saturated heterocycles. The second-order valence-electron chi connectivity index (χ2n) is 4.85. The van der Waals surface area contributed by atoms with Crippen molar-refractivity contribution in [3.05, 3.63) is 59.7 Å². The number of alkyl halides is 3. The normalized spacial score (nSPS) is 13.6. The highest BCUT2D eigenvalue weighted by Gasteiger charge is 2.33. The van der Waals surface area contributed by atoms with Crippen molar-refractivity contribution < 1.29 is 27.5 Å². The molecule has 0 spiro atoms. The number of hydrogen-bond acceptors (Lipinski definition) is 3. The highest BCUT2D eigenvalue weighted by Crippen LogP contribution is 2.52. The molecule has 0 aliphatic heterocycles. The largest absolute Gasteiger partial charge is 0.416 e. The lowest BCUT2D eigenvalue weighted by Crippen LogP contribution is -2.13. The Balaban J connectivity index is 2.37. The van der Waals surface area contributed by atoms with E-state index in [2.05, 4.69) is 5.32 Å². The molecule has 0 radical (unpaired) electrons. The summed E-state index contributed by atoms with van der Waals surface area (Å²) in [5.41, 5.74) is 4.68. The molecule has 5 nitrogen and oxygen atoms in total. The molecule has 124 valence electrons. The zero-order valence-corrected chi connectivity index (χ0v) is 12.6. The maximum atomic E-state index is 12.6. The quantitative estimate of drug-likeness (QED) is 0.501. The average molecular weight is 346 g/mol. The van der Waals surface area contributed by atoms with Gasteiger partial charge in [0.15, 0.2) is 5.78 Å². The zero-order valence-electron chi connectivity index (χ0n) is 11.7. The first-order chi connectivity index (χ1) is 10.6. The van der Waals surface area contributed by atoms with Gasteiger partial charge >= 0.3 is 13.8 Å². The lowest BCUT2D eigenvalue weighted by atomic mass is 10.1.